The molecule has 0 amide bonds. The van der Waals surface area contributed by atoms with Crippen molar-refractivity contribution in [2.45, 2.75) is 44.2 Å². The second-order valence-corrected chi connectivity index (χ2v) is 5.85. The van der Waals surface area contributed by atoms with Crippen molar-refractivity contribution in [2.75, 3.05) is 7.11 Å². The Bertz CT molecular complexity index is 468. The number of ether oxygens (including phenoxy) is 1. The number of methoxy groups -OCH3 is 1. The van der Waals surface area contributed by atoms with Crippen molar-refractivity contribution in [2.24, 2.45) is 5.92 Å². The van der Waals surface area contributed by atoms with E-state index in [1.165, 1.54) is 24.7 Å². The van der Waals surface area contributed by atoms with E-state index in [-0.39, 0.29) is 17.9 Å². The highest BCUT2D eigenvalue weighted by atomic mass is 16.5. The Morgan fingerprint density at radius 2 is 2.00 bits per heavy atom. The lowest BCUT2D eigenvalue weighted by molar-refractivity contribution is -0.148. The van der Waals surface area contributed by atoms with E-state index in [0.717, 1.165) is 12.8 Å². The van der Waals surface area contributed by atoms with E-state index in [1.54, 1.807) is 0 Å². The van der Waals surface area contributed by atoms with Crippen LogP contribution >= 0.6 is 0 Å². The van der Waals surface area contributed by atoms with Crippen LogP contribution in [0.15, 0.2) is 24.3 Å². The fourth-order valence-electron chi connectivity index (χ4n) is 3.67. The van der Waals surface area contributed by atoms with Crippen LogP contribution in [-0.2, 0) is 9.53 Å². The second kappa shape index (κ2) is 4.97. The highest BCUT2D eigenvalue weighted by Gasteiger charge is 2.46. The lowest BCUT2D eigenvalue weighted by Crippen LogP contribution is -2.48. The zero-order chi connectivity index (χ0) is 13.4. The molecule has 0 aliphatic carbocycles. The van der Waals surface area contributed by atoms with Gasteiger partial charge in [-0.2, -0.15) is 0 Å². The minimum Gasteiger partial charge on any atom is -0.469 e. The minimum absolute atomic E-state index is 0.0357. The molecule has 3 nitrogen and oxygen atoms in total. The van der Waals surface area contributed by atoms with Gasteiger partial charge in [0.25, 0.3) is 0 Å². The zero-order valence-corrected chi connectivity index (χ0v) is 11.6. The molecule has 2 aliphatic heterocycles. The second-order valence-electron chi connectivity index (χ2n) is 5.85. The summed E-state index contributed by atoms with van der Waals surface area (Å²) >= 11 is 0. The van der Waals surface area contributed by atoms with Gasteiger partial charge in [0.15, 0.2) is 0 Å². The van der Waals surface area contributed by atoms with Gasteiger partial charge in [0.05, 0.1) is 13.0 Å². The molecular formula is C16H21NO2. The Balaban J connectivity index is 1.92. The third-order valence-electron chi connectivity index (χ3n) is 4.66. The van der Waals surface area contributed by atoms with Crippen LogP contribution in [-0.4, -0.2) is 25.2 Å². The summed E-state index contributed by atoms with van der Waals surface area (Å²) in [4.78, 5) is 12.1. The molecule has 0 spiro atoms. The fourth-order valence-corrected chi connectivity index (χ4v) is 3.67. The minimum atomic E-state index is -0.0663. The molecule has 4 atom stereocenters. The number of fused-ring (bicyclic) bond motifs is 2. The highest BCUT2D eigenvalue weighted by Crippen LogP contribution is 2.42. The molecule has 19 heavy (non-hydrogen) atoms. The number of hydrogen-bond donors (Lipinski definition) is 1. The lowest BCUT2D eigenvalue weighted by Gasteiger charge is -2.36. The van der Waals surface area contributed by atoms with E-state index in [2.05, 4.69) is 36.5 Å². The first kappa shape index (κ1) is 12.7. The Kier molecular flexibility index (Phi) is 3.31. The third kappa shape index (κ3) is 2.27. The van der Waals surface area contributed by atoms with Gasteiger partial charge in [0.2, 0.25) is 0 Å². The summed E-state index contributed by atoms with van der Waals surface area (Å²) in [6, 6.07) is 9.46. The van der Waals surface area contributed by atoms with Gasteiger partial charge in [-0.25, -0.2) is 0 Å². The van der Waals surface area contributed by atoms with Gasteiger partial charge < -0.3 is 10.1 Å². The van der Waals surface area contributed by atoms with E-state index in [9.17, 15) is 4.79 Å². The standard InChI is InChI=1S/C16H21NO2/c1-10-3-5-11(6-4-10)13-9-12-7-8-14(17-12)15(13)16(18)19-2/h3-6,12-15,17H,7-9H2,1-2H3/t12-,13?,14+,15-/m0/s1. The van der Waals surface area contributed by atoms with Crippen molar-refractivity contribution in [3.05, 3.63) is 35.4 Å². The van der Waals surface area contributed by atoms with Crippen LogP contribution in [0, 0.1) is 12.8 Å². The number of carbonyl (C=O) groups is 1. The summed E-state index contributed by atoms with van der Waals surface area (Å²) < 4.78 is 5.04. The Morgan fingerprint density at radius 1 is 1.26 bits per heavy atom. The number of esters is 1. The number of nitrogens with one attached hydrogen (secondary N) is 1. The molecule has 2 saturated heterocycles. The number of rotatable bonds is 2. The Hall–Kier alpha value is -1.35. The van der Waals surface area contributed by atoms with Crippen LogP contribution in [0.5, 0.6) is 0 Å². The summed E-state index contributed by atoms with van der Waals surface area (Å²) in [5.74, 6) is 0.196. The Labute approximate surface area is 114 Å². The van der Waals surface area contributed by atoms with E-state index >= 15 is 0 Å². The molecule has 1 N–H and O–H groups in total. The maximum absolute atomic E-state index is 12.1. The normalized spacial score (nSPS) is 33.2. The predicted octanol–water partition coefficient (Wildman–Crippen LogP) is 2.39. The van der Waals surface area contributed by atoms with Crippen LogP contribution in [0.3, 0.4) is 0 Å². The number of benzene rings is 1. The van der Waals surface area contributed by atoms with E-state index < -0.39 is 0 Å². The molecule has 1 aromatic carbocycles. The van der Waals surface area contributed by atoms with Gasteiger partial charge in [-0.3, -0.25) is 4.79 Å². The van der Waals surface area contributed by atoms with Gasteiger partial charge in [0.1, 0.15) is 0 Å². The number of piperidine rings is 1. The van der Waals surface area contributed by atoms with E-state index in [1.807, 2.05) is 0 Å². The predicted molar refractivity (Wildman–Crippen MR) is 74.0 cm³/mol. The van der Waals surface area contributed by atoms with Gasteiger partial charge in [0, 0.05) is 18.0 Å². The van der Waals surface area contributed by atoms with Gasteiger partial charge in [-0.15, -0.1) is 0 Å². The molecule has 2 fully saturated rings. The van der Waals surface area contributed by atoms with Crippen molar-refractivity contribution in [1.82, 2.24) is 5.32 Å². The summed E-state index contributed by atoms with van der Waals surface area (Å²) in [6.07, 6.45) is 3.31. The molecule has 2 aliphatic rings. The molecule has 102 valence electrons. The first-order valence-electron chi connectivity index (χ1n) is 7.09. The molecule has 3 heteroatoms. The van der Waals surface area contributed by atoms with Crippen LogP contribution in [0.2, 0.25) is 0 Å². The van der Waals surface area contributed by atoms with Crippen molar-refractivity contribution in [1.29, 1.82) is 0 Å². The lowest BCUT2D eigenvalue weighted by atomic mass is 9.77. The van der Waals surface area contributed by atoms with Crippen LogP contribution in [0.1, 0.15) is 36.3 Å². The quantitative estimate of drug-likeness (QED) is 0.829. The van der Waals surface area contributed by atoms with Crippen LogP contribution in [0.4, 0.5) is 0 Å². The smallest absolute Gasteiger partial charge is 0.310 e. The molecule has 2 bridgehead atoms. The van der Waals surface area contributed by atoms with Crippen molar-refractivity contribution in [3.8, 4) is 0 Å². The molecule has 3 rings (SSSR count). The molecule has 1 aromatic rings. The average Bonchev–Trinajstić information content (AvgIpc) is 2.80. The Morgan fingerprint density at radius 3 is 2.68 bits per heavy atom. The van der Waals surface area contributed by atoms with Gasteiger partial charge >= 0.3 is 5.97 Å². The molecular weight excluding hydrogens is 238 g/mol. The van der Waals surface area contributed by atoms with Crippen molar-refractivity contribution in [3.63, 3.8) is 0 Å². The van der Waals surface area contributed by atoms with Gasteiger partial charge in [-0.1, -0.05) is 29.8 Å². The van der Waals surface area contributed by atoms with E-state index in [4.69, 9.17) is 4.74 Å². The summed E-state index contributed by atoms with van der Waals surface area (Å²) in [5.41, 5.74) is 2.54. The molecule has 0 aromatic heterocycles. The molecule has 0 saturated carbocycles. The zero-order valence-electron chi connectivity index (χ0n) is 11.6. The third-order valence-corrected chi connectivity index (χ3v) is 4.66. The summed E-state index contributed by atoms with van der Waals surface area (Å²) in [5, 5.41) is 3.57. The summed E-state index contributed by atoms with van der Waals surface area (Å²) in [7, 11) is 1.50. The maximum Gasteiger partial charge on any atom is 0.310 e. The number of carbonyl (C=O) groups excluding carboxylic acids is 1. The fraction of sp³-hybridized carbons (Fsp3) is 0.562. The summed E-state index contributed by atoms with van der Waals surface area (Å²) in [6.45, 7) is 2.09. The first-order valence-corrected chi connectivity index (χ1v) is 7.09. The van der Waals surface area contributed by atoms with Crippen molar-refractivity contribution < 1.29 is 9.53 Å². The molecule has 0 radical (unpaired) electrons. The number of hydrogen-bond acceptors (Lipinski definition) is 3. The number of aryl methyl sites for hydroxylation is 1. The van der Waals surface area contributed by atoms with Crippen molar-refractivity contribution >= 4 is 5.97 Å². The topological polar surface area (TPSA) is 38.3 Å². The van der Waals surface area contributed by atoms with Crippen LogP contribution < -0.4 is 5.32 Å². The first-order chi connectivity index (χ1) is 9.19. The largest absolute Gasteiger partial charge is 0.469 e. The molecule has 1 unspecified atom stereocenters. The SMILES string of the molecule is COC(=O)[C@H]1C(c2ccc(C)cc2)C[C@@H]2CC[C@H]1N2. The van der Waals surface area contributed by atoms with Crippen LogP contribution in [0.25, 0.3) is 0 Å². The van der Waals surface area contributed by atoms with E-state index in [0.29, 0.717) is 12.0 Å². The average molecular weight is 259 g/mol. The van der Waals surface area contributed by atoms with Gasteiger partial charge in [-0.05, 0) is 31.7 Å². The molecule has 2 heterocycles. The monoisotopic (exact) mass is 259 g/mol. The highest BCUT2D eigenvalue weighted by molar-refractivity contribution is 5.75. The maximum atomic E-state index is 12.1.